The molecule has 1 rings (SSSR count). The Hall–Kier alpha value is -1.53. The van der Waals surface area contributed by atoms with Crippen LogP contribution in [-0.4, -0.2) is 26.2 Å². The number of hydrogen-bond donors (Lipinski definition) is 1. The Labute approximate surface area is 110 Å². The van der Waals surface area contributed by atoms with E-state index in [1.54, 1.807) is 0 Å². The van der Waals surface area contributed by atoms with Crippen LogP contribution in [0, 0.1) is 18.3 Å². The molecule has 0 spiro atoms. The first-order chi connectivity index (χ1) is 8.50. The van der Waals surface area contributed by atoms with Crippen LogP contribution in [0.1, 0.15) is 25.3 Å². The highest BCUT2D eigenvalue weighted by Crippen LogP contribution is 2.16. The van der Waals surface area contributed by atoms with Gasteiger partial charge >= 0.3 is 0 Å². The third kappa shape index (κ3) is 4.05. The fraction of sp³-hybridized carbons (Fsp3) is 0.533. The van der Waals surface area contributed by atoms with Crippen molar-refractivity contribution in [3.8, 4) is 6.07 Å². The molecule has 0 aliphatic carbocycles. The fourth-order valence-corrected chi connectivity index (χ4v) is 1.83. The molecule has 1 aromatic rings. The van der Waals surface area contributed by atoms with Crippen molar-refractivity contribution in [3.63, 3.8) is 0 Å². The number of rotatable bonds is 6. The van der Waals surface area contributed by atoms with Crippen molar-refractivity contribution in [2.24, 2.45) is 0 Å². The van der Waals surface area contributed by atoms with Gasteiger partial charge in [0.05, 0.1) is 6.07 Å². The summed E-state index contributed by atoms with van der Waals surface area (Å²) in [6.45, 7) is 5.00. The van der Waals surface area contributed by atoms with Crippen molar-refractivity contribution in [1.29, 1.82) is 5.26 Å². The Balaban J connectivity index is 2.45. The number of nitrogens with one attached hydrogen (secondary N) is 1. The van der Waals surface area contributed by atoms with Crippen molar-refractivity contribution in [2.75, 3.05) is 25.5 Å². The highest BCUT2D eigenvalue weighted by atomic mass is 15.1. The second-order valence-corrected chi connectivity index (χ2v) is 5.05. The number of nitrogens with zero attached hydrogens (tertiary/aromatic N) is 2. The lowest BCUT2D eigenvalue weighted by atomic mass is 9.98. The number of aryl methyl sites for hydroxylation is 1. The van der Waals surface area contributed by atoms with Gasteiger partial charge in [-0.25, -0.2) is 0 Å². The van der Waals surface area contributed by atoms with Gasteiger partial charge in [-0.05, 0) is 45.9 Å². The van der Waals surface area contributed by atoms with Crippen LogP contribution in [0.15, 0.2) is 24.3 Å². The molecule has 0 radical (unpaired) electrons. The van der Waals surface area contributed by atoms with E-state index in [2.05, 4.69) is 54.5 Å². The monoisotopic (exact) mass is 245 g/mol. The lowest BCUT2D eigenvalue weighted by Crippen LogP contribution is -2.38. The van der Waals surface area contributed by atoms with Crippen LogP contribution in [0.3, 0.4) is 0 Å². The highest BCUT2D eigenvalue weighted by molar-refractivity contribution is 5.46. The van der Waals surface area contributed by atoms with Gasteiger partial charge in [-0.3, -0.25) is 0 Å². The molecule has 0 aliphatic heterocycles. The van der Waals surface area contributed by atoms with E-state index >= 15 is 0 Å². The molecule has 0 aromatic heterocycles. The topological polar surface area (TPSA) is 39.1 Å². The van der Waals surface area contributed by atoms with Crippen molar-refractivity contribution in [1.82, 2.24) is 5.32 Å². The third-order valence-corrected chi connectivity index (χ3v) is 3.44. The van der Waals surface area contributed by atoms with E-state index in [-0.39, 0.29) is 0 Å². The van der Waals surface area contributed by atoms with E-state index in [1.807, 2.05) is 14.0 Å². The lowest BCUT2D eigenvalue weighted by Gasteiger charge is -2.24. The zero-order chi connectivity index (χ0) is 13.6. The Morgan fingerprint density at radius 2 is 1.94 bits per heavy atom. The lowest BCUT2D eigenvalue weighted by molar-refractivity contribution is 0.442. The minimum absolute atomic E-state index is 0.409. The summed E-state index contributed by atoms with van der Waals surface area (Å²) < 4.78 is 0. The molecule has 0 amide bonds. The minimum Gasteiger partial charge on any atom is -0.375 e. The largest absolute Gasteiger partial charge is 0.375 e. The predicted molar refractivity (Wildman–Crippen MR) is 76.8 cm³/mol. The molecule has 1 unspecified atom stereocenters. The van der Waals surface area contributed by atoms with Crippen LogP contribution >= 0.6 is 0 Å². The van der Waals surface area contributed by atoms with Gasteiger partial charge in [0.2, 0.25) is 0 Å². The summed E-state index contributed by atoms with van der Waals surface area (Å²) in [5.74, 6) is 0. The molecule has 3 heteroatoms. The first kappa shape index (κ1) is 14.5. The third-order valence-electron chi connectivity index (χ3n) is 3.44. The molecule has 3 nitrogen and oxygen atoms in total. The molecule has 0 fully saturated rings. The number of anilines is 1. The van der Waals surface area contributed by atoms with Crippen LogP contribution < -0.4 is 10.2 Å². The van der Waals surface area contributed by atoms with Crippen LogP contribution in [0.4, 0.5) is 5.69 Å². The summed E-state index contributed by atoms with van der Waals surface area (Å²) in [4.78, 5) is 2.23. The summed E-state index contributed by atoms with van der Waals surface area (Å²) in [6, 6.07) is 10.8. The summed E-state index contributed by atoms with van der Waals surface area (Å²) >= 11 is 0. The fourth-order valence-electron chi connectivity index (χ4n) is 1.83. The molecule has 1 aromatic carbocycles. The van der Waals surface area contributed by atoms with Gasteiger partial charge in [0.25, 0.3) is 0 Å². The first-order valence-corrected chi connectivity index (χ1v) is 6.39. The van der Waals surface area contributed by atoms with Crippen LogP contribution in [0.25, 0.3) is 0 Å². The molecule has 0 bridgehead atoms. The second kappa shape index (κ2) is 6.42. The van der Waals surface area contributed by atoms with E-state index < -0.39 is 5.54 Å². The summed E-state index contributed by atoms with van der Waals surface area (Å²) in [5.41, 5.74) is 2.09. The van der Waals surface area contributed by atoms with E-state index in [1.165, 1.54) is 11.3 Å². The normalized spacial score (nSPS) is 13.7. The number of benzene rings is 1. The first-order valence-electron chi connectivity index (χ1n) is 6.39. The molecule has 0 aliphatic rings. The number of hydrogen-bond acceptors (Lipinski definition) is 3. The standard InChI is InChI=1S/C15H23N3/c1-13-6-8-14(9-7-13)18(4)11-5-10-15(2,12-16)17-3/h6-9,17H,5,10-11H2,1-4H3. The molecule has 18 heavy (non-hydrogen) atoms. The zero-order valence-electron chi connectivity index (χ0n) is 11.8. The average molecular weight is 245 g/mol. The second-order valence-electron chi connectivity index (χ2n) is 5.05. The Morgan fingerprint density at radius 1 is 1.33 bits per heavy atom. The van der Waals surface area contributed by atoms with Gasteiger partial charge in [0, 0.05) is 19.3 Å². The highest BCUT2D eigenvalue weighted by Gasteiger charge is 2.20. The molecule has 0 saturated heterocycles. The molecule has 1 atom stereocenters. The quantitative estimate of drug-likeness (QED) is 0.837. The SMILES string of the molecule is CNC(C)(C#N)CCCN(C)c1ccc(C)cc1. The molecule has 0 saturated carbocycles. The maximum absolute atomic E-state index is 9.07. The van der Waals surface area contributed by atoms with Crippen LogP contribution in [0.2, 0.25) is 0 Å². The van der Waals surface area contributed by atoms with Gasteiger partial charge in [0.1, 0.15) is 5.54 Å². The van der Waals surface area contributed by atoms with Crippen molar-refractivity contribution >= 4 is 5.69 Å². The van der Waals surface area contributed by atoms with Gasteiger partial charge in [-0.15, -0.1) is 0 Å². The van der Waals surface area contributed by atoms with E-state index in [4.69, 9.17) is 5.26 Å². The van der Waals surface area contributed by atoms with Gasteiger partial charge in [-0.1, -0.05) is 17.7 Å². The summed E-state index contributed by atoms with van der Waals surface area (Å²) in [6.07, 6.45) is 1.85. The van der Waals surface area contributed by atoms with Gasteiger partial charge in [0.15, 0.2) is 0 Å². The van der Waals surface area contributed by atoms with Crippen molar-refractivity contribution < 1.29 is 0 Å². The molecular formula is C15H23N3. The Bertz CT molecular complexity index is 405. The smallest absolute Gasteiger partial charge is 0.103 e. The van der Waals surface area contributed by atoms with E-state index in [9.17, 15) is 0 Å². The van der Waals surface area contributed by atoms with Crippen molar-refractivity contribution in [2.45, 2.75) is 32.2 Å². The Morgan fingerprint density at radius 3 is 2.44 bits per heavy atom. The van der Waals surface area contributed by atoms with E-state index in [0.717, 1.165) is 19.4 Å². The average Bonchev–Trinajstić information content (AvgIpc) is 2.39. The van der Waals surface area contributed by atoms with Gasteiger partial charge < -0.3 is 10.2 Å². The zero-order valence-corrected chi connectivity index (χ0v) is 11.8. The van der Waals surface area contributed by atoms with Crippen LogP contribution in [-0.2, 0) is 0 Å². The van der Waals surface area contributed by atoms with Crippen molar-refractivity contribution in [3.05, 3.63) is 29.8 Å². The summed E-state index contributed by atoms with van der Waals surface area (Å²) in [7, 11) is 3.93. The summed E-state index contributed by atoms with van der Waals surface area (Å²) in [5, 5.41) is 12.1. The molecular weight excluding hydrogens is 222 g/mol. The van der Waals surface area contributed by atoms with E-state index in [0.29, 0.717) is 0 Å². The predicted octanol–water partition coefficient (Wildman–Crippen LogP) is 2.71. The molecule has 1 N–H and O–H groups in total. The Kier molecular flexibility index (Phi) is 5.18. The maximum atomic E-state index is 9.07. The number of nitriles is 1. The van der Waals surface area contributed by atoms with Crippen LogP contribution in [0.5, 0.6) is 0 Å². The molecule has 0 heterocycles. The minimum atomic E-state index is -0.409. The molecule has 98 valence electrons. The van der Waals surface area contributed by atoms with Gasteiger partial charge in [-0.2, -0.15) is 5.26 Å². The maximum Gasteiger partial charge on any atom is 0.103 e.